The first kappa shape index (κ1) is 15.1. The Labute approximate surface area is 131 Å². The fraction of sp³-hybridized carbons (Fsp3) is 0.625. The number of carbonyl (C=O) groups is 1. The van der Waals surface area contributed by atoms with Crippen molar-refractivity contribution in [1.82, 2.24) is 20.5 Å². The van der Waals surface area contributed by atoms with E-state index in [1.165, 1.54) is 25.8 Å². The molecule has 2 N–H and O–H groups in total. The van der Waals surface area contributed by atoms with Gasteiger partial charge in [-0.1, -0.05) is 6.42 Å². The highest BCUT2D eigenvalue weighted by atomic mass is 16.5. The maximum atomic E-state index is 12.1. The van der Waals surface area contributed by atoms with Crippen LogP contribution in [0.25, 0.3) is 0 Å². The van der Waals surface area contributed by atoms with Gasteiger partial charge in [0.2, 0.25) is 5.88 Å². The average molecular weight is 304 g/mol. The number of urea groups is 1. The molecule has 22 heavy (non-hydrogen) atoms. The molecule has 1 aromatic heterocycles. The van der Waals surface area contributed by atoms with E-state index in [1.54, 1.807) is 13.3 Å². The lowest BCUT2D eigenvalue weighted by atomic mass is 9.99. The van der Waals surface area contributed by atoms with E-state index in [4.69, 9.17) is 4.74 Å². The summed E-state index contributed by atoms with van der Waals surface area (Å²) in [6.07, 6.45) is 6.51. The van der Waals surface area contributed by atoms with Crippen LogP contribution >= 0.6 is 0 Å². The second-order valence-electron chi connectivity index (χ2n) is 6.03. The molecule has 6 heteroatoms. The third kappa shape index (κ3) is 3.50. The number of pyridine rings is 1. The molecule has 0 bridgehead atoms. The maximum Gasteiger partial charge on any atom is 0.315 e. The molecule has 120 valence electrons. The predicted octanol–water partition coefficient (Wildman–Crippen LogP) is 1.52. The zero-order chi connectivity index (χ0) is 15.4. The van der Waals surface area contributed by atoms with Crippen LogP contribution in [0.4, 0.5) is 4.79 Å². The van der Waals surface area contributed by atoms with Crippen molar-refractivity contribution in [2.75, 3.05) is 20.2 Å². The van der Waals surface area contributed by atoms with Gasteiger partial charge in [0.15, 0.2) is 0 Å². The largest absolute Gasteiger partial charge is 0.481 e. The van der Waals surface area contributed by atoms with Crippen molar-refractivity contribution in [3.05, 3.63) is 23.9 Å². The van der Waals surface area contributed by atoms with Gasteiger partial charge in [-0.15, -0.1) is 0 Å². The number of piperidine rings is 1. The van der Waals surface area contributed by atoms with Gasteiger partial charge in [0.25, 0.3) is 0 Å². The summed E-state index contributed by atoms with van der Waals surface area (Å²) in [6.45, 7) is 2.77. The number of nitrogens with zero attached hydrogens (tertiary/aromatic N) is 2. The third-order valence-electron chi connectivity index (χ3n) is 4.63. The molecule has 2 amide bonds. The molecule has 2 saturated heterocycles. The van der Waals surface area contributed by atoms with Crippen LogP contribution in [0.5, 0.6) is 5.88 Å². The highest BCUT2D eigenvalue weighted by Gasteiger charge is 2.36. The van der Waals surface area contributed by atoms with E-state index in [-0.39, 0.29) is 12.1 Å². The lowest BCUT2D eigenvalue weighted by Crippen LogP contribution is -2.49. The van der Waals surface area contributed by atoms with Crippen LogP contribution in [-0.4, -0.2) is 48.2 Å². The average Bonchev–Trinajstić information content (AvgIpc) is 2.96. The van der Waals surface area contributed by atoms with Crippen molar-refractivity contribution >= 4 is 6.03 Å². The number of nitrogens with one attached hydrogen (secondary N) is 2. The molecular weight excluding hydrogens is 280 g/mol. The van der Waals surface area contributed by atoms with Gasteiger partial charge in [-0.25, -0.2) is 9.78 Å². The minimum atomic E-state index is -0.0896. The zero-order valence-corrected chi connectivity index (χ0v) is 13.0. The second-order valence-corrected chi connectivity index (χ2v) is 6.03. The molecule has 3 rings (SSSR count). The normalized spacial score (nSPS) is 24.6. The van der Waals surface area contributed by atoms with E-state index in [9.17, 15) is 4.79 Å². The molecule has 0 aliphatic carbocycles. The molecular formula is C16H24N4O2. The minimum absolute atomic E-state index is 0.0896. The van der Waals surface area contributed by atoms with E-state index in [1.807, 2.05) is 12.1 Å². The van der Waals surface area contributed by atoms with Crippen molar-refractivity contribution in [2.24, 2.45) is 0 Å². The molecule has 0 spiro atoms. The van der Waals surface area contributed by atoms with Gasteiger partial charge in [0, 0.05) is 37.4 Å². The monoisotopic (exact) mass is 304 g/mol. The summed E-state index contributed by atoms with van der Waals surface area (Å²) in [6, 6.07) is 4.43. The number of ether oxygens (including phenoxy) is 1. The van der Waals surface area contributed by atoms with E-state index < -0.39 is 0 Å². The van der Waals surface area contributed by atoms with E-state index in [0.717, 1.165) is 18.5 Å². The summed E-state index contributed by atoms with van der Waals surface area (Å²) in [5, 5.41) is 6.06. The van der Waals surface area contributed by atoms with E-state index in [2.05, 4.69) is 20.5 Å². The lowest BCUT2D eigenvalue weighted by Gasteiger charge is -2.32. The van der Waals surface area contributed by atoms with Crippen LogP contribution < -0.4 is 15.4 Å². The number of methoxy groups -OCH3 is 1. The van der Waals surface area contributed by atoms with Crippen molar-refractivity contribution in [3.63, 3.8) is 0 Å². The molecule has 1 aromatic rings. The molecule has 2 aliphatic rings. The van der Waals surface area contributed by atoms with Crippen LogP contribution in [-0.2, 0) is 6.54 Å². The molecule has 2 aliphatic heterocycles. The lowest BCUT2D eigenvalue weighted by molar-refractivity contribution is 0.179. The summed E-state index contributed by atoms with van der Waals surface area (Å²) in [5.74, 6) is 0.563. The van der Waals surface area contributed by atoms with Crippen molar-refractivity contribution in [2.45, 2.75) is 44.3 Å². The molecule has 3 heterocycles. The highest BCUT2D eigenvalue weighted by molar-refractivity contribution is 5.74. The van der Waals surface area contributed by atoms with Gasteiger partial charge in [-0.3, -0.25) is 4.90 Å². The fourth-order valence-corrected chi connectivity index (χ4v) is 3.49. The van der Waals surface area contributed by atoms with Crippen LogP contribution in [0.1, 0.15) is 31.2 Å². The van der Waals surface area contributed by atoms with Crippen LogP contribution in [0, 0.1) is 0 Å². The highest BCUT2D eigenvalue weighted by Crippen LogP contribution is 2.26. The first-order valence-electron chi connectivity index (χ1n) is 8.03. The number of amides is 2. The smallest absolute Gasteiger partial charge is 0.315 e. The minimum Gasteiger partial charge on any atom is -0.481 e. The topological polar surface area (TPSA) is 66.5 Å². The Morgan fingerprint density at radius 3 is 3.18 bits per heavy atom. The van der Waals surface area contributed by atoms with Crippen molar-refractivity contribution < 1.29 is 9.53 Å². The van der Waals surface area contributed by atoms with E-state index in [0.29, 0.717) is 18.5 Å². The summed E-state index contributed by atoms with van der Waals surface area (Å²) in [7, 11) is 1.59. The molecule has 0 aromatic carbocycles. The zero-order valence-electron chi connectivity index (χ0n) is 13.0. The van der Waals surface area contributed by atoms with Gasteiger partial charge in [0.1, 0.15) is 0 Å². The van der Waals surface area contributed by atoms with E-state index >= 15 is 0 Å². The molecule has 2 unspecified atom stereocenters. The van der Waals surface area contributed by atoms with Crippen LogP contribution in [0.2, 0.25) is 0 Å². The van der Waals surface area contributed by atoms with Gasteiger partial charge in [0.05, 0.1) is 7.11 Å². The standard InChI is InChI=1S/C16H24N4O2/c1-22-15-10-12(5-7-17-15)11-18-16(21)19-13-6-9-20-8-3-2-4-14(13)20/h5,7,10,13-14H,2-4,6,8-9,11H2,1H3,(H2,18,19,21). The fourth-order valence-electron chi connectivity index (χ4n) is 3.49. The molecule has 2 fully saturated rings. The molecule has 0 saturated carbocycles. The number of hydrogen-bond acceptors (Lipinski definition) is 4. The Morgan fingerprint density at radius 2 is 2.32 bits per heavy atom. The first-order chi connectivity index (χ1) is 10.8. The Hall–Kier alpha value is -1.82. The van der Waals surface area contributed by atoms with Gasteiger partial charge in [-0.2, -0.15) is 0 Å². The molecule has 6 nitrogen and oxygen atoms in total. The van der Waals surface area contributed by atoms with Crippen molar-refractivity contribution in [1.29, 1.82) is 0 Å². The van der Waals surface area contributed by atoms with Gasteiger partial charge in [-0.05, 0) is 37.4 Å². The Bertz CT molecular complexity index is 523. The van der Waals surface area contributed by atoms with Gasteiger partial charge < -0.3 is 15.4 Å². The van der Waals surface area contributed by atoms with Gasteiger partial charge >= 0.3 is 6.03 Å². The number of aromatic nitrogens is 1. The number of hydrogen-bond donors (Lipinski definition) is 2. The summed E-state index contributed by atoms with van der Waals surface area (Å²) >= 11 is 0. The molecule has 0 radical (unpaired) electrons. The Morgan fingerprint density at radius 1 is 1.41 bits per heavy atom. The third-order valence-corrected chi connectivity index (χ3v) is 4.63. The first-order valence-corrected chi connectivity index (χ1v) is 8.03. The van der Waals surface area contributed by atoms with Crippen LogP contribution in [0.15, 0.2) is 18.3 Å². The SMILES string of the molecule is COc1cc(CNC(=O)NC2CCN3CCCCC23)ccn1. The second kappa shape index (κ2) is 6.96. The van der Waals surface area contributed by atoms with Crippen molar-refractivity contribution in [3.8, 4) is 5.88 Å². The maximum absolute atomic E-state index is 12.1. The van der Waals surface area contributed by atoms with Crippen LogP contribution in [0.3, 0.4) is 0 Å². The summed E-state index contributed by atoms with van der Waals surface area (Å²) in [5.41, 5.74) is 0.979. The number of carbonyl (C=O) groups excluding carboxylic acids is 1. The Kier molecular flexibility index (Phi) is 4.77. The number of rotatable bonds is 4. The summed E-state index contributed by atoms with van der Waals surface area (Å²) < 4.78 is 5.08. The Balaban J connectivity index is 1.48. The summed E-state index contributed by atoms with van der Waals surface area (Å²) in [4.78, 5) is 18.7. The quantitative estimate of drug-likeness (QED) is 0.885. The molecule has 2 atom stereocenters. The number of fused-ring (bicyclic) bond motifs is 1. The predicted molar refractivity (Wildman–Crippen MR) is 83.8 cm³/mol.